The number of aryl methyl sites for hydroxylation is 2. The number of carboxylic acid groups (broad SMARTS) is 1. The van der Waals surface area contributed by atoms with Crippen molar-refractivity contribution in [3.8, 4) is 23.0 Å². The van der Waals surface area contributed by atoms with Gasteiger partial charge in [0.25, 0.3) is 0 Å². The highest BCUT2D eigenvalue weighted by Gasteiger charge is 2.31. The molecule has 0 radical (unpaired) electrons. The van der Waals surface area contributed by atoms with E-state index in [0.29, 0.717) is 5.56 Å². The predicted octanol–water partition coefficient (Wildman–Crippen LogP) is 6.15. The van der Waals surface area contributed by atoms with Gasteiger partial charge in [0.2, 0.25) is 0 Å². The van der Waals surface area contributed by atoms with Crippen LogP contribution in [0.5, 0.6) is 0 Å². The molecule has 1 unspecified atom stereocenters. The van der Waals surface area contributed by atoms with Gasteiger partial charge in [-0.15, -0.1) is 0 Å². The third-order valence-corrected chi connectivity index (χ3v) is 5.22. The maximum atomic E-state index is 12.4. The van der Waals surface area contributed by atoms with Crippen LogP contribution >= 0.6 is 0 Å². The largest absolute Gasteiger partial charge is 0.479 e. The van der Waals surface area contributed by atoms with Gasteiger partial charge >= 0.3 is 5.97 Å². The predicted molar refractivity (Wildman–Crippen MR) is 135 cm³/mol. The summed E-state index contributed by atoms with van der Waals surface area (Å²) in [5.74, 6) is 5.23. The first-order chi connectivity index (χ1) is 15.2. The summed E-state index contributed by atoms with van der Waals surface area (Å²) < 4.78 is 6.08. The second kappa shape index (κ2) is 9.02. The molecule has 0 aromatic heterocycles. The van der Waals surface area contributed by atoms with Crippen molar-refractivity contribution in [1.82, 2.24) is 0 Å². The third-order valence-electron chi connectivity index (χ3n) is 5.22. The molecule has 0 bridgehead atoms. The number of hydrogen-bond donors (Lipinski definition) is 2. The summed E-state index contributed by atoms with van der Waals surface area (Å²) in [6.45, 7) is 13.3. The van der Waals surface area contributed by atoms with Crippen LogP contribution in [0.1, 0.15) is 63.0 Å². The third kappa shape index (κ3) is 6.01. The Morgan fingerprint density at radius 3 is 2.18 bits per heavy atom. The fourth-order valence-electron chi connectivity index (χ4n) is 3.82. The Balaban J connectivity index is 2.40. The molecule has 0 aliphatic rings. The van der Waals surface area contributed by atoms with E-state index in [4.69, 9.17) is 10.5 Å². The SMILES string of the molecule is Cc1ccc(-c2c(C(OC(C)(C)C)C(=O)O)c(C)cc3ccc(C#CC(C)(C)N)cc23)cc1. The van der Waals surface area contributed by atoms with E-state index in [9.17, 15) is 9.90 Å². The summed E-state index contributed by atoms with van der Waals surface area (Å²) in [7, 11) is 0. The first-order valence-corrected chi connectivity index (χ1v) is 11.1. The van der Waals surface area contributed by atoms with E-state index in [2.05, 4.69) is 11.8 Å². The molecule has 0 aliphatic heterocycles. The molecule has 4 heteroatoms. The zero-order valence-electron chi connectivity index (χ0n) is 20.5. The van der Waals surface area contributed by atoms with Crippen LogP contribution in [0, 0.1) is 25.7 Å². The molecule has 0 fully saturated rings. The lowest BCUT2D eigenvalue weighted by Crippen LogP contribution is -2.29. The van der Waals surface area contributed by atoms with Crippen molar-refractivity contribution in [2.24, 2.45) is 5.73 Å². The molecule has 1 atom stereocenters. The van der Waals surface area contributed by atoms with Crippen LogP contribution in [0.2, 0.25) is 0 Å². The fourth-order valence-corrected chi connectivity index (χ4v) is 3.82. The van der Waals surface area contributed by atoms with Gasteiger partial charge < -0.3 is 15.6 Å². The van der Waals surface area contributed by atoms with E-state index in [0.717, 1.165) is 38.6 Å². The van der Waals surface area contributed by atoms with Crippen molar-refractivity contribution in [1.29, 1.82) is 0 Å². The van der Waals surface area contributed by atoms with Gasteiger partial charge in [0, 0.05) is 11.1 Å². The maximum Gasteiger partial charge on any atom is 0.337 e. The number of nitrogens with two attached hydrogens (primary N) is 1. The molecule has 33 heavy (non-hydrogen) atoms. The average molecular weight is 444 g/mol. The van der Waals surface area contributed by atoms with Crippen LogP contribution in [-0.2, 0) is 9.53 Å². The highest BCUT2D eigenvalue weighted by atomic mass is 16.5. The van der Waals surface area contributed by atoms with Gasteiger partial charge in [-0.3, -0.25) is 0 Å². The Hall–Kier alpha value is -3.13. The number of rotatable bonds is 4. The van der Waals surface area contributed by atoms with Crippen LogP contribution in [0.25, 0.3) is 21.9 Å². The molecular weight excluding hydrogens is 410 g/mol. The van der Waals surface area contributed by atoms with E-state index in [1.165, 1.54) is 0 Å². The number of aliphatic carboxylic acids is 1. The van der Waals surface area contributed by atoms with Crippen molar-refractivity contribution >= 4 is 16.7 Å². The minimum atomic E-state index is -1.11. The molecule has 0 saturated carbocycles. The second-order valence-electron chi connectivity index (χ2n) is 10.2. The first kappa shape index (κ1) is 24.5. The molecule has 172 valence electrons. The van der Waals surface area contributed by atoms with E-state index in [1.807, 2.05) is 97.0 Å². The number of ether oxygens (including phenoxy) is 1. The summed E-state index contributed by atoms with van der Waals surface area (Å²) in [5.41, 5.74) is 10.1. The van der Waals surface area contributed by atoms with E-state index in [1.54, 1.807) is 0 Å². The Morgan fingerprint density at radius 1 is 1.00 bits per heavy atom. The minimum Gasteiger partial charge on any atom is -0.479 e. The van der Waals surface area contributed by atoms with Gasteiger partial charge in [0.05, 0.1) is 11.1 Å². The number of fused-ring (bicyclic) bond motifs is 1. The van der Waals surface area contributed by atoms with Crippen LogP contribution in [0.15, 0.2) is 48.5 Å². The number of carbonyl (C=O) groups is 1. The van der Waals surface area contributed by atoms with Crippen molar-refractivity contribution in [2.45, 2.75) is 65.7 Å². The van der Waals surface area contributed by atoms with Crippen LogP contribution in [0.4, 0.5) is 0 Å². The summed E-state index contributed by atoms with van der Waals surface area (Å²) in [6.07, 6.45) is -1.11. The summed E-state index contributed by atoms with van der Waals surface area (Å²) >= 11 is 0. The van der Waals surface area contributed by atoms with Gasteiger partial charge in [0.1, 0.15) is 0 Å². The quantitative estimate of drug-likeness (QED) is 0.474. The molecule has 0 saturated heterocycles. The molecule has 3 rings (SSSR count). The number of hydrogen-bond acceptors (Lipinski definition) is 3. The van der Waals surface area contributed by atoms with Gasteiger partial charge in [-0.2, -0.15) is 0 Å². The lowest BCUT2D eigenvalue weighted by molar-refractivity contribution is -0.160. The first-order valence-electron chi connectivity index (χ1n) is 11.1. The minimum absolute atomic E-state index is 0.609. The fraction of sp³-hybridized carbons (Fsp3) is 0.345. The van der Waals surface area contributed by atoms with Crippen LogP contribution < -0.4 is 5.73 Å². The van der Waals surface area contributed by atoms with Gasteiger partial charge in [-0.05, 0) is 88.1 Å². The summed E-state index contributed by atoms with van der Waals surface area (Å²) in [4.78, 5) is 12.4. The van der Waals surface area contributed by atoms with Crippen molar-refractivity contribution in [3.63, 3.8) is 0 Å². The van der Waals surface area contributed by atoms with E-state index < -0.39 is 23.2 Å². The molecule has 3 aromatic rings. The summed E-state index contributed by atoms with van der Waals surface area (Å²) in [6, 6.07) is 16.2. The van der Waals surface area contributed by atoms with Crippen molar-refractivity contribution in [3.05, 3.63) is 70.8 Å². The van der Waals surface area contributed by atoms with Gasteiger partial charge in [-0.1, -0.05) is 53.8 Å². The highest BCUT2D eigenvalue weighted by molar-refractivity contribution is 6.01. The Bertz CT molecular complexity index is 1250. The van der Waals surface area contributed by atoms with Crippen molar-refractivity contribution in [2.75, 3.05) is 0 Å². The zero-order valence-corrected chi connectivity index (χ0v) is 20.5. The molecule has 3 aromatic carbocycles. The van der Waals surface area contributed by atoms with Gasteiger partial charge in [0.15, 0.2) is 6.10 Å². The normalized spacial score (nSPS) is 12.8. The molecule has 0 spiro atoms. The lowest BCUT2D eigenvalue weighted by atomic mass is 9.86. The number of benzene rings is 3. The highest BCUT2D eigenvalue weighted by Crippen LogP contribution is 2.40. The Kier molecular flexibility index (Phi) is 6.70. The number of carboxylic acids is 1. The molecule has 0 heterocycles. The van der Waals surface area contributed by atoms with Gasteiger partial charge in [-0.25, -0.2) is 4.79 Å². The Morgan fingerprint density at radius 2 is 1.64 bits per heavy atom. The van der Waals surface area contributed by atoms with E-state index in [-0.39, 0.29) is 0 Å². The Labute approximate surface area is 196 Å². The van der Waals surface area contributed by atoms with Crippen LogP contribution in [-0.4, -0.2) is 22.2 Å². The molecule has 4 nitrogen and oxygen atoms in total. The maximum absolute atomic E-state index is 12.4. The van der Waals surface area contributed by atoms with E-state index >= 15 is 0 Å². The topological polar surface area (TPSA) is 72.5 Å². The standard InChI is InChI=1S/C29H33NO3/c1-18-8-11-21(12-9-18)25-23-17-20(14-15-29(6,7)30)10-13-22(23)16-19(2)24(25)26(27(31)32)33-28(3,4)5/h8-13,16-17,26H,30H2,1-7H3,(H,31,32). The zero-order chi connectivity index (χ0) is 24.6. The molecular formula is C29H33NO3. The van der Waals surface area contributed by atoms with Crippen molar-refractivity contribution < 1.29 is 14.6 Å². The molecule has 3 N–H and O–H groups in total. The lowest BCUT2D eigenvalue weighted by Gasteiger charge is -2.28. The molecule has 0 aliphatic carbocycles. The smallest absolute Gasteiger partial charge is 0.337 e. The second-order valence-corrected chi connectivity index (χ2v) is 10.2. The molecule has 0 amide bonds. The average Bonchev–Trinajstić information content (AvgIpc) is 2.69. The summed E-state index contributed by atoms with van der Waals surface area (Å²) in [5, 5.41) is 12.1. The van der Waals surface area contributed by atoms with Crippen LogP contribution in [0.3, 0.4) is 0 Å². The monoisotopic (exact) mass is 443 g/mol.